The van der Waals surface area contributed by atoms with Crippen LogP contribution in [0.5, 0.6) is 0 Å². The van der Waals surface area contributed by atoms with Gasteiger partial charge in [-0.15, -0.1) is 0 Å². The molecule has 1 aromatic heterocycles. The normalized spacial score (nSPS) is 35.4. The second kappa shape index (κ2) is 6.10. The van der Waals surface area contributed by atoms with Crippen LogP contribution in [0.25, 0.3) is 0 Å². The van der Waals surface area contributed by atoms with Crippen molar-refractivity contribution in [1.29, 1.82) is 0 Å². The summed E-state index contributed by atoms with van der Waals surface area (Å²) in [4.78, 5) is 31.4. The van der Waals surface area contributed by atoms with E-state index < -0.39 is 0 Å². The van der Waals surface area contributed by atoms with E-state index in [0.717, 1.165) is 44.5 Å². The number of oxazole rings is 1. The molecular weight excluding hydrogens is 330 g/mol. The molecule has 0 bridgehead atoms. The highest BCUT2D eigenvalue weighted by Crippen LogP contribution is 2.43. The number of aromatic nitrogens is 1. The number of amides is 2. The maximum atomic E-state index is 12.9. The summed E-state index contributed by atoms with van der Waals surface area (Å²) in [5.41, 5.74) is 0.843. The lowest BCUT2D eigenvalue weighted by Crippen LogP contribution is -2.40. The zero-order chi connectivity index (χ0) is 17.8. The maximum absolute atomic E-state index is 12.9. The Balaban J connectivity index is 1.21. The minimum atomic E-state index is -0.0179. The third-order valence-electron chi connectivity index (χ3n) is 6.97. The molecule has 3 aliphatic carbocycles. The summed E-state index contributed by atoms with van der Waals surface area (Å²) in [5, 5.41) is 3.26. The van der Waals surface area contributed by atoms with Crippen LogP contribution in [-0.2, 0) is 4.79 Å². The lowest BCUT2D eigenvalue weighted by molar-refractivity contribution is -0.122. The number of hydrogen-bond acceptors (Lipinski definition) is 4. The average molecular weight is 357 g/mol. The molecule has 0 aromatic carbocycles. The van der Waals surface area contributed by atoms with Crippen LogP contribution in [0.15, 0.2) is 10.8 Å². The van der Waals surface area contributed by atoms with E-state index in [4.69, 9.17) is 4.42 Å². The number of carbonyl (C=O) groups excluding carboxylic acids is 2. The van der Waals surface area contributed by atoms with E-state index in [1.165, 1.54) is 12.8 Å². The van der Waals surface area contributed by atoms with E-state index in [1.807, 2.05) is 4.90 Å². The van der Waals surface area contributed by atoms with Gasteiger partial charge in [-0.05, 0) is 49.9 Å². The van der Waals surface area contributed by atoms with Crippen molar-refractivity contribution in [2.75, 3.05) is 13.1 Å². The highest BCUT2D eigenvalue weighted by atomic mass is 16.3. The molecule has 0 spiro atoms. The Morgan fingerprint density at radius 1 is 1.27 bits per heavy atom. The number of likely N-dealkylation sites (tertiary alicyclic amines) is 1. The summed E-state index contributed by atoms with van der Waals surface area (Å²) in [6, 6.07) is 0.219. The average Bonchev–Trinajstić information content (AvgIpc) is 3.39. The Kier molecular flexibility index (Phi) is 3.83. The Morgan fingerprint density at radius 3 is 2.81 bits per heavy atom. The molecule has 4 fully saturated rings. The van der Waals surface area contributed by atoms with Crippen LogP contribution in [-0.4, -0.2) is 40.8 Å². The van der Waals surface area contributed by atoms with Crippen molar-refractivity contribution >= 4 is 11.8 Å². The second-order valence-electron chi connectivity index (χ2n) is 8.90. The van der Waals surface area contributed by atoms with Gasteiger partial charge in [0.1, 0.15) is 0 Å². The maximum Gasteiger partial charge on any atom is 0.291 e. The molecule has 0 radical (unpaired) electrons. The summed E-state index contributed by atoms with van der Waals surface area (Å²) in [5.74, 6) is 3.20. The van der Waals surface area contributed by atoms with Crippen molar-refractivity contribution < 1.29 is 14.0 Å². The van der Waals surface area contributed by atoms with Gasteiger partial charge in [0.2, 0.25) is 11.7 Å². The van der Waals surface area contributed by atoms with Crippen LogP contribution >= 0.6 is 0 Å². The fraction of sp³-hybridized carbons (Fsp3) is 0.750. The predicted octanol–water partition coefficient (Wildman–Crippen LogP) is 2.56. The van der Waals surface area contributed by atoms with Crippen LogP contribution in [0.3, 0.4) is 0 Å². The molecule has 6 nitrogen and oxygen atoms in total. The minimum Gasteiger partial charge on any atom is -0.438 e. The number of nitrogens with zero attached hydrogens (tertiary/aromatic N) is 2. The molecule has 4 aliphatic rings. The lowest BCUT2D eigenvalue weighted by atomic mass is 9.97. The van der Waals surface area contributed by atoms with E-state index in [1.54, 1.807) is 0 Å². The molecule has 3 saturated carbocycles. The van der Waals surface area contributed by atoms with Crippen molar-refractivity contribution in [3.05, 3.63) is 17.8 Å². The fourth-order valence-electron chi connectivity index (χ4n) is 5.00. The topological polar surface area (TPSA) is 75.4 Å². The van der Waals surface area contributed by atoms with E-state index in [9.17, 15) is 9.59 Å². The van der Waals surface area contributed by atoms with Crippen LogP contribution in [0.2, 0.25) is 0 Å². The van der Waals surface area contributed by atoms with E-state index in [2.05, 4.69) is 17.2 Å². The van der Waals surface area contributed by atoms with Gasteiger partial charge in [0.25, 0.3) is 5.91 Å². The van der Waals surface area contributed by atoms with E-state index in [-0.39, 0.29) is 17.9 Å². The van der Waals surface area contributed by atoms with Gasteiger partial charge >= 0.3 is 0 Å². The SMILES string of the molecule is CC1CC1CC(=O)NC1CCC2CN(C(=O)c3ocnc3C3CC3)CC21. The van der Waals surface area contributed by atoms with Crippen LogP contribution in [0, 0.1) is 23.7 Å². The van der Waals surface area contributed by atoms with Gasteiger partial charge in [0, 0.05) is 37.4 Å². The van der Waals surface area contributed by atoms with Crippen LogP contribution in [0.4, 0.5) is 0 Å². The van der Waals surface area contributed by atoms with Gasteiger partial charge in [-0.25, -0.2) is 4.98 Å². The molecule has 1 saturated heterocycles. The largest absolute Gasteiger partial charge is 0.438 e. The lowest BCUT2D eigenvalue weighted by Gasteiger charge is -2.21. The molecule has 140 valence electrons. The standard InChI is InChI=1S/C20H27N3O3/c1-11-6-14(11)7-17(24)22-16-5-4-13-8-23(9-15(13)16)20(25)19-18(12-2-3-12)21-10-26-19/h10-16H,2-9H2,1H3,(H,22,24). The van der Waals surface area contributed by atoms with Gasteiger partial charge in [-0.1, -0.05) is 6.92 Å². The molecule has 1 aromatic rings. The van der Waals surface area contributed by atoms with Gasteiger partial charge in [-0.3, -0.25) is 9.59 Å². The fourth-order valence-corrected chi connectivity index (χ4v) is 5.00. The van der Waals surface area contributed by atoms with Crippen molar-refractivity contribution in [3.8, 4) is 0 Å². The van der Waals surface area contributed by atoms with Crippen LogP contribution in [0.1, 0.15) is 67.6 Å². The Bertz CT molecular complexity index is 726. The molecule has 26 heavy (non-hydrogen) atoms. The molecule has 5 unspecified atom stereocenters. The molecule has 1 aliphatic heterocycles. The summed E-state index contributed by atoms with van der Waals surface area (Å²) in [7, 11) is 0. The highest BCUT2D eigenvalue weighted by molar-refractivity contribution is 5.93. The first-order chi connectivity index (χ1) is 12.6. The Labute approximate surface area is 153 Å². The first-order valence-electron chi connectivity index (χ1n) is 10.1. The third kappa shape index (κ3) is 2.93. The number of nitrogens with one attached hydrogen (secondary N) is 1. The predicted molar refractivity (Wildman–Crippen MR) is 94.4 cm³/mol. The zero-order valence-corrected chi connectivity index (χ0v) is 15.3. The number of hydrogen-bond donors (Lipinski definition) is 1. The second-order valence-corrected chi connectivity index (χ2v) is 8.90. The summed E-state index contributed by atoms with van der Waals surface area (Å²) < 4.78 is 5.44. The summed E-state index contributed by atoms with van der Waals surface area (Å²) in [6.07, 6.45) is 7.59. The Morgan fingerprint density at radius 2 is 2.08 bits per heavy atom. The molecule has 1 N–H and O–H groups in total. The number of carbonyl (C=O) groups is 2. The monoisotopic (exact) mass is 357 g/mol. The molecule has 2 amide bonds. The van der Waals surface area contributed by atoms with Gasteiger partial charge in [0.15, 0.2) is 6.39 Å². The molecule has 2 heterocycles. The molecule has 5 rings (SSSR count). The first kappa shape index (κ1) is 16.3. The van der Waals surface area contributed by atoms with Crippen molar-refractivity contribution in [1.82, 2.24) is 15.2 Å². The van der Waals surface area contributed by atoms with Crippen LogP contribution < -0.4 is 5.32 Å². The van der Waals surface area contributed by atoms with Crippen molar-refractivity contribution in [2.24, 2.45) is 23.7 Å². The molecular formula is C20H27N3O3. The Hall–Kier alpha value is -1.85. The quantitative estimate of drug-likeness (QED) is 0.879. The first-order valence-corrected chi connectivity index (χ1v) is 10.1. The van der Waals surface area contributed by atoms with Gasteiger partial charge in [0.05, 0.1) is 5.69 Å². The summed E-state index contributed by atoms with van der Waals surface area (Å²) in [6.45, 7) is 3.71. The van der Waals surface area contributed by atoms with Crippen molar-refractivity contribution in [3.63, 3.8) is 0 Å². The molecule has 5 atom stereocenters. The number of fused-ring (bicyclic) bond motifs is 1. The van der Waals surface area contributed by atoms with Crippen molar-refractivity contribution in [2.45, 2.75) is 57.4 Å². The third-order valence-corrected chi connectivity index (χ3v) is 6.97. The van der Waals surface area contributed by atoms with E-state index >= 15 is 0 Å². The van der Waals surface area contributed by atoms with Gasteiger partial charge < -0.3 is 14.6 Å². The molecule has 6 heteroatoms. The number of rotatable bonds is 5. The minimum absolute atomic E-state index is 0.0179. The highest BCUT2D eigenvalue weighted by Gasteiger charge is 2.46. The van der Waals surface area contributed by atoms with E-state index in [0.29, 0.717) is 41.8 Å². The zero-order valence-electron chi connectivity index (χ0n) is 15.3. The smallest absolute Gasteiger partial charge is 0.291 e. The van der Waals surface area contributed by atoms with Gasteiger partial charge in [-0.2, -0.15) is 0 Å². The summed E-state index contributed by atoms with van der Waals surface area (Å²) >= 11 is 0.